The van der Waals surface area contributed by atoms with Crippen molar-refractivity contribution in [3.8, 4) is 5.75 Å². The Balaban J connectivity index is 1.86. The number of para-hydroxylation sites is 1. The zero-order valence-electron chi connectivity index (χ0n) is 15.6. The summed E-state index contributed by atoms with van der Waals surface area (Å²) in [5, 5.41) is 0. The zero-order valence-corrected chi connectivity index (χ0v) is 17.2. The van der Waals surface area contributed by atoms with Crippen LogP contribution in [0.4, 0.5) is 0 Å². The first kappa shape index (κ1) is 20.0. The van der Waals surface area contributed by atoms with E-state index in [1.54, 1.807) is 22.5 Å². The predicted molar refractivity (Wildman–Crippen MR) is 108 cm³/mol. The second kappa shape index (κ2) is 9.44. The Bertz CT molecular complexity index is 675. The third kappa shape index (κ3) is 4.74. The summed E-state index contributed by atoms with van der Waals surface area (Å²) in [7, 11) is -3.57. The van der Waals surface area contributed by atoms with Gasteiger partial charge in [0.2, 0.25) is 10.0 Å². The van der Waals surface area contributed by atoms with Crippen LogP contribution in [-0.4, -0.2) is 68.0 Å². The molecule has 7 heteroatoms. The molecule has 0 bridgehead atoms. The Kier molecular flexibility index (Phi) is 7.26. The molecule has 1 aromatic rings. The molecule has 2 fully saturated rings. The summed E-state index contributed by atoms with van der Waals surface area (Å²) in [6.07, 6.45) is 4.64. The highest BCUT2D eigenvalue weighted by molar-refractivity contribution is 7.99. The van der Waals surface area contributed by atoms with E-state index < -0.39 is 10.0 Å². The van der Waals surface area contributed by atoms with Gasteiger partial charge in [0.15, 0.2) is 0 Å². The van der Waals surface area contributed by atoms with Crippen molar-refractivity contribution in [2.75, 3.05) is 44.3 Å². The number of sulfonamides is 1. The Morgan fingerprint density at radius 2 is 1.88 bits per heavy atom. The summed E-state index contributed by atoms with van der Waals surface area (Å²) >= 11 is 1.88. The van der Waals surface area contributed by atoms with Gasteiger partial charge in [-0.1, -0.05) is 18.6 Å². The molecular weight excluding hydrogens is 368 g/mol. The van der Waals surface area contributed by atoms with Crippen LogP contribution < -0.4 is 4.74 Å². The van der Waals surface area contributed by atoms with Crippen LogP contribution in [0.15, 0.2) is 29.2 Å². The van der Waals surface area contributed by atoms with Crippen LogP contribution in [0.1, 0.15) is 32.6 Å². The van der Waals surface area contributed by atoms with Crippen LogP contribution in [0.25, 0.3) is 0 Å². The standard InChI is InChI=1S/C19H30N2O3S2/c1-2-24-18-9-4-5-10-19(18)26(22,23)21-13-8-14-25-16-17(21)15-20-11-6-3-7-12-20/h4-5,9-10,17H,2-3,6-8,11-16H2,1H3. The number of hydrogen-bond donors (Lipinski definition) is 0. The van der Waals surface area contributed by atoms with Crippen molar-refractivity contribution in [3.05, 3.63) is 24.3 Å². The molecular formula is C19H30N2O3S2. The second-order valence-electron chi connectivity index (χ2n) is 6.94. The molecule has 0 spiro atoms. The van der Waals surface area contributed by atoms with Crippen molar-refractivity contribution in [2.45, 2.75) is 43.5 Å². The summed E-state index contributed by atoms with van der Waals surface area (Å²) in [6.45, 7) is 5.94. The lowest BCUT2D eigenvalue weighted by molar-refractivity contribution is 0.183. The van der Waals surface area contributed by atoms with Gasteiger partial charge < -0.3 is 9.64 Å². The number of nitrogens with zero attached hydrogens (tertiary/aromatic N) is 2. The molecule has 26 heavy (non-hydrogen) atoms. The molecule has 1 atom stereocenters. The quantitative estimate of drug-likeness (QED) is 0.737. The average Bonchev–Trinajstić information content (AvgIpc) is 2.89. The van der Waals surface area contributed by atoms with Gasteiger partial charge in [-0.05, 0) is 57.2 Å². The van der Waals surface area contributed by atoms with Crippen LogP contribution >= 0.6 is 11.8 Å². The minimum Gasteiger partial charge on any atom is -0.492 e. The Morgan fingerprint density at radius 3 is 2.65 bits per heavy atom. The van der Waals surface area contributed by atoms with Crippen molar-refractivity contribution in [1.29, 1.82) is 0 Å². The van der Waals surface area contributed by atoms with Gasteiger partial charge >= 0.3 is 0 Å². The number of ether oxygens (including phenoxy) is 1. The van der Waals surface area contributed by atoms with Crippen LogP contribution in [0.2, 0.25) is 0 Å². The molecule has 146 valence electrons. The van der Waals surface area contributed by atoms with Crippen LogP contribution in [0.3, 0.4) is 0 Å². The van der Waals surface area contributed by atoms with Gasteiger partial charge in [-0.15, -0.1) is 0 Å². The van der Waals surface area contributed by atoms with E-state index in [0.29, 0.717) is 23.8 Å². The molecule has 2 heterocycles. The number of rotatable bonds is 6. The molecule has 0 N–H and O–H groups in total. The third-order valence-corrected chi connectivity index (χ3v) is 8.23. The Morgan fingerprint density at radius 1 is 1.12 bits per heavy atom. The van der Waals surface area contributed by atoms with E-state index in [4.69, 9.17) is 4.74 Å². The normalized spacial score (nSPS) is 23.5. The first-order chi connectivity index (χ1) is 12.6. The molecule has 3 rings (SSSR count). The van der Waals surface area contributed by atoms with E-state index in [0.717, 1.165) is 37.6 Å². The Hall–Kier alpha value is -0.760. The van der Waals surface area contributed by atoms with Gasteiger partial charge in [0.1, 0.15) is 10.6 Å². The molecule has 0 amide bonds. The van der Waals surface area contributed by atoms with Gasteiger partial charge in [0.25, 0.3) is 0 Å². The summed E-state index contributed by atoms with van der Waals surface area (Å²) in [4.78, 5) is 2.74. The van der Waals surface area contributed by atoms with Gasteiger partial charge in [-0.2, -0.15) is 16.1 Å². The topological polar surface area (TPSA) is 49.9 Å². The molecule has 0 saturated carbocycles. The highest BCUT2D eigenvalue weighted by Gasteiger charge is 2.35. The first-order valence-corrected chi connectivity index (χ1v) is 12.3. The van der Waals surface area contributed by atoms with Gasteiger partial charge in [-0.25, -0.2) is 8.42 Å². The van der Waals surface area contributed by atoms with Crippen molar-refractivity contribution in [3.63, 3.8) is 0 Å². The number of piperidine rings is 1. The van der Waals surface area contributed by atoms with E-state index in [-0.39, 0.29) is 6.04 Å². The summed E-state index contributed by atoms with van der Waals surface area (Å²) in [5.41, 5.74) is 0. The highest BCUT2D eigenvalue weighted by atomic mass is 32.2. The number of benzene rings is 1. The molecule has 2 aliphatic heterocycles. The van der Waals surface area contributed by atoms with E-state index in [2.05, 4.69) is 4.90 Å². The monoisotopic (exact) mass is 398 g/mol. The molecule has 2 aliphatic rings. The van der Waals surface area contributed by atoms with Gasteiger partial charge in [-0.3, -0.25) is 0 Å². The SMILES string of the molecule is CCOc1ccccc1S(=O)(=O)N1CCCSCC1CN1CCCCC1. The van der Waals surface area contributed by atoms with E-state index in [9.17, 15) is 8.42 Å². The smallest absolute Gasteiger partial charge is 0.247 e. The van der Waals surface area contributed by atoms with Crippen molar-refractivity contribution >= 4 is 21.8 Å². The van der Waals surface area contributed by atoms with E-state index >= 15 is 0 Å². The lowest BCUT2D eigenvalue weighted by Crippen LogP contribution is -2.49. The van der Waals surface area contributed by atoms with Crippen molar-refractivity contribution in [2.24, 2.45) is 0 Å². The highest BCUT2D eigenvalue weighted by Crippen LogP contribution is 2.30. The number of hydrogen-bond acceptors (Lipinski definition) is 5. The maximum absolute atomic E-state index is 13.5. The lowest BCUT2D eigenvalue weighted by atomic mass is 10.1. The molecule has 2 saturated heterocycles. The largest absolute Gasteiger partial charge is 0.492 e. The van der Waals surface area contributed by atoms with Crippen molar-refractivity contribution in [1.82, 2.24) is 9.21 Å². The molecule has 0 aliphatic carbocycles. The maximum atomic E-state index is 13.5. The average molecular weight is 399 g/mol. The molecule has 1 aromatic carbocycles. The summed E-state index contributed by atoms with van der Waals surface area (Å²) in [6, 6.07) is 7.06. The minimum atomic E-state index is -3.57. The second-order valence-corrected chi connectivity index (χ2v) is 9.95. The third-order valence-electron chi connectivity index (χ3n) is 5.04. The summed E-state index contributed by atoms with van der Waals surface area (Å²) < 4.78 is 34.4. The molecule has 0 radical (unpaired) electrons. The van der Waals surface area contributed by atoms with Crippen LogP contribution in [0, 0.1) is 0 Å². The number of likely N-dealkylation sites (tertiary alicyclic amines) is 1. The van der Waals surface area contributed by atoms with Crippen LogP contribution in [0.5, 0.6) is 5.75 Å². The van der Waals surface area contributed by atoms with Gasteiger partial charge in [0, 0.05) is 24.9 Å². The van der Waals surface area contributed by atoms with Crippen LogP contribution in [-0.2, 0) is 10.0 Å². The molecule has 1 unspecified atom stereocenters. The van der Waals surface area contributed by atoms with E-state index in [1.807, 2.05) is 24.8 Å². The molecule has 5 nitrogen and oxygen atoms in total. The van der Waals surface area contributed by atoms with Crippen molar-refractivity contribution < 1.29 is 13.2 Å². The lowest BCUT2D eigenvalue weighted by Gasteiger charge is -2.35. The fourth-order valence-corrected chi connectivity index (χ4v) is 6.71. The zero-order chi connectivity index (χ0) is 18.4. The number of thioether (sulfide) groups is 1. The predicted octanol–water partition coefficient (Wildman–Crippen LogP) is 3.07. The maximum Gasteiger partial charge on any atom is 0.247 e. The van der Waals surface area contributed by atoms with E-state index in [1.165, 1.54) is 19.3 Å². The molecule has 0 aromatic heterocycles. The fraction of sp³-hybridized carbons (Fsp3) is 0.684. The minimum absolute atomic E-state index is 0.0280. The summed E-state index contributed by atoms with van der Waals surface area (Å²) in [5.74, 6) is 2.35. The fourth-order valence-electron chi connectivity index (χ4n) is 3.77. The Labute approximate surface area is 162 Å². The first-order valence-electron chi connectivity index (χ1n) is 9.66. The van der Waals surface area contributed by atoms with Gasteiger partial charge in [0.05, 0.1) is 6.61 Å².